The second kappa shape index (κ2) is 21.6. The molecule has 0 bridgehead atoms. The third kappa shape index (κ3) is 9.72. The summed E-state index contributed by atoms with van der Waals surface area (Å²) in [5.41, 5.74) is 4.22. The Labute approximate surface area is 422 Å². The molecule has 11 atom stereocenters. The van der Waals surface area contributed by atoms with Crippen molar-refractivity contribution in [3.63, 3.8) is 0 Å². The number of carbonyl (C=O) groups is 4. The summed E-state index contributed by atoms with van der Waals surface area (Å²) >= 11 is 0. The van der Waals surface area contributed by atoms with Gasteiger partial charge in [0, 0.05) is 5.56 Å². The number of ether oxygens (including phenoxy) is 8. The summed E-state index contributed by atoms with van der Waals surface area (Å²) in [4.78, 5) is 61.5. The van der Waals surface area contributed by atoms with Crippen molar-refractivity contribution in [1.29, 1.82) is 0 Å². The normalized spacial score (nSPS) is 27.6. The molecule has 6 aromatic carbocycles. The third-order valence-corrected chi connectivity index (χ3v) is 14.0. The lowest BCUT2D eigenvalue weighted by Crippen LogP contribution is -2.71. The van der Waals surface area contributed by atoms with Gasteiger partial charge in [-0.3, -0.25) is 29.0 Å². The molecular weight excluding hydrogens is 929 g/mol. The van der Waals surface area contributed by atoms with Gasteiger partial charge in [-0.2, -0.15) is 0 Å². The van der Waals surface area contributed by atoms with E-state index < -0.39 is 91.0 Å². The molecule has 14 heteroatoms. The fourth-order valence-corrected chi connectivity index (χ4v) is 10.6. The Bertz CT molecular complexity index is 2860. The minimum atomic E-state index is -1.48. The first-order chi connectivity index (χ1) is 35.9. The lowest BCUT2D eigenvalue weighted by atomic mass is 9.88. The predicted octanol–water partition coefficient (Wildman–Crippen LogP) is 8.27. The van der Waals surface area contributed by atoms with E-state index in [-0.39, 0.29) is 61.7 Å². The van der Waals surface area contributed by atoms with E-state index in [1.165, 1.54) is 4.90 Å². The molecule has 0 N–H and O–H groups in total. The Morgan fingerprint density at radius 3 is 1.49 bits per heavy atom. The van der Waals surface area contributed by atoms with Gasteiger partial charge >= 0.3 is 0 Å². The van der Waals surface area contributed by atoms with Gasteiger partial charge in [-0.15, -0.1) is 6.58 Å². The van der Waals surface area contributed by atoms with E-state index in [2.05, 4.69) is 6.58 Å². The van der Waals surface area contributed by atoms with Crippen LogP contribution in [-0.2, 0) is 57.7 Å². The van der Waals surface area contributed by atoms with Crippen LogP contribution < -0.4 is 0 Å². The third-order valence-electron chi connectivity index (χ3n) is 14.0. The summed E-state index contributed by atoms with van der Waals surface area (Å²) in [5, 5.41) is 0. The lowest BCUT2D eigenvalue weighted by molar-refractivity contribution is -0.371. The zero-order valence-electron chi connectivity index (χ0n) is 39.8. The summed E-state index contributed by atoms with van der Waals surface area (Å²) in [7, 11) is 0. The fraction of sp³-hybridized carbons (Fsp3) is 0.288. The number of rotatable bonds is 17. The average Bonchev–Trinajstić information content (AvgIpc) is 3.84. The largest absolute Gasteiger partial charge is 0.374 e. The van der Waals surface area contributed by atoms with E-state index in [1.807, 2.05) is 121 Å². The Morgan fingerprint density at radius 2 is 0.973 bits per heavy atom. The first-order valence-electron chi connectivity index (χ1n) is 24.6. The van der Waals surface area contributed by atoms with Crippen LogP contribution in [0.3, 0.4) is 0 Å². The van der Waals surface area contributed by atoms with Gasteiger partial charge in [0.2, 0.25) is 0 Å². The predicted molar refractivity (Wildman–Crippen MR) is 265 cm³/mol. The van der Waals surface area contributed by atoms with Crippen molar-refractivity contribution in [3.8, 4) is 0 Å². The van der Waals surface area contributed by atoms with Crippen molar-refractivity contribution in [2.24, 2.45) is 0 Å². The smallest absolute Gasteiger partial charge is 0.262 e. The van der Waals surface area contributed by atoms with Crippen molar-refractivity contribution in [2.75, 3.05) is 13.2 Å². The maximum absolute atomic E-state index is 14.9. The first kappa shape index (κ1) is 48.3. The molecule has 0 radical (unpaired) electrons. The van der Waals surface area contributed by atoms with E-state index in [0.717, 1.165) is 27.2 Å². The van der Waals surface area contributed by atoms with Crippen LogP contribution in [0.1, 0.15) is 76.4 Å². The van der Waals surface area contributed by atoms with E-state index in [4.69, 9.17) is 37.9 Å². The molecule has 14 nitrogen and oxygen atoms in total. The molecule has 3 saturated heterocycles. The molecule has 0 aromatic heterocycles. The lowest BCUT2D eigenvalue weighted by Gasteiger charge is -2.53. The van der Waals surface area contributed by atoms with E-state index in [9.17, 15) is 19.2 Å². The van der Waals surface area contributed by atoms with Crippen LogP contribution in [0.15, 0.2) is 183 Å². The van der Waals surface area contributed by atoms with E-state index in [1.54, 1.807) is 54.6 Å². The Hall–Kier alpha value is -6.98. The van der Waals surface area contributed by atoms with Gasteiger partial charge in [0.15, 0.2) is 12.6 Å². The first-order valence-corrected chi connectivity index (χ1v) is 24.6. The number of fused-ring (bicyclic) bond motifs is 3. The molecule has 0 spiro atoms. The Morgan fingerprint density at radius 1 is 0.507 bits per heavy atom. The molecule has 0 unspecified atom stereocenters. The topological polar surface area (TPSA) is 149 Å². The molecule has 4 amide bonds. The molecule has 73 heavy (non-hydrogen) atoms. The number of benzene rings is 6. The quantitative estimate of drug-likeness (QED) is 0.0640. The molecule has 0 saturated carbocycles. The molecule has 0 aliphatic carbocycles. The molecule has 3 fully saturated rings. The number of imide groups is 2. The molecular formula is C59H54N2O12. The minimum absolute atomic E-state index is 0.0158. The van der Waals surface area contributed by atoms with Crippen molar-refractivity contribution >= 4 is 23.6 Å². The van der Waals surface area contributed by atoms with Gasteiger partial charge in [-0.1, -0.05) is 152 Å². The number of carbonyl (C=O) groups excluding carboxylic acids is 4. The van der Waals surface area contributed by atoms with Crippen LogP contribution in [0.2, 0.25) is 0 Å². The van der Waals surface area contributed by atoms with Gasteiger partial charge in [0.1, 0.15) is 42.7 Å². The fourth-order valence-electron chi connectivity index (χ4n) is 10.6. The SMILES string of the molecule is C=CC[C@@H]1O[C@H](COCc2ccccc2)[C@@H](O[C@@H]2O[C@@H]3CO[C@@H](c4ccccc4)O[C@H]3[C@H](OCc3ccccc3)[C@H]2N2C(=O)c3ccccc3C2=O)[C@H](OCc2ccccc2)[C@H]1N1C(=O)c2ccccc2C1=O. The summed E-state index contributed by atoms with van der Waals surface area (Å²) in [6.07, 6.45) is -7.45. The Balaban J connectivity index is 1.04. The summed E-state index contributed by atoms with van der Waals surface area (Å²) in [6, 6.07) is 49.1. The van der Waals surface area contributed by atoms with Crippen molar-refractivity contribution in [3.05, 3.63) is 227 Å². The second-order valence-corrected chi connectivity index (χ2v) is 18.6. The van der Waals surface area contributed by atoms with Gasteiger partial charge in [0.25, 0.3) is 23.6 Å². The number of hydrogen-bond donors (Lipinski definition) is 0. The summed E-state index contributed by atoms with van der Waals surface area (Å²) in [6.45, 7) is 4.33. The molecule has 5 aliphatic heterocycles. The monoisotopic (exact) mass is 982 g/mol. The van der Waals surface area contributed by atoms with E-state index >= 15 is 0 Å². The minimum Gasteiger partial charge on any atom is -0.374 e. The van der Waals surface area contributed by atoms with Crippen LogP contribution >= 0.6 is 0 Å². The van der Waals surface area contributed by atoms with E-state index in [0.29, 0.717) is 0 Å². The van der Waals surface area contributed by atoms with Crippen LogP contribution in [-0.4, -0.2) is 108 Å². The second-order valence-electron chi connectivity index (χ2n) is 18.6. The van der Waals surface area contributed by atoms with Crippen LogP contribution in [0.4, 0.5) is 0 Å². The molecule has 6 aromatic rings. The highest BCUT2D eigenvalue weighted by Crippen LogP contribution is 2.43. The molecule has 11 rings (SSSR count). The van der Waals surface area contributed by atoms with Gasteiger partial charge < -0.3 is 37.9 Å². The van der Waals surface area contributed by atoms with Gasteiger partial charge in [0.05, 0.1) is 67.4 Å². The molecule has 5 aliphatic rings. The average molecular weight is 983 g/mol. The van der Waals surface area contributed by atoms with Crippen molar-refractivity contribution in [1.82, 2.24) is 9.80 Å². The van der Waals surface area contributed by atoms with Crippen molar-refractivity contribution in [2.45, 2.75) is 93.6 Å². The number of nitrogens with zero attached hydrogens (tertiary/aromatic N) is 2. The van der Waals surface area contributed by atoms with Crippen LogP contribution in [0, 0.1) is 0 Å². The highest BCUT2D eigenvalue weighted by Gasteiger charge is 2.60. The summed E-state index contributed by atoms with van der Waals surface area (Å²) < 4.78 is 55.2. The van der Waals surface area contributed by atoms with Gasteiger partial charge in [-0.05, 0) is 47.4 Å². The number of amides is 4. The molecule has 5 heterocycles. The molecule has 372 valence electrons. The zero-order chi connectivity index (χ0) is 49.8. The van der Waals surface area contributed by atoms with Gasteiger partial charge in [-0.25, -0.2) is 0 Å². The highest BCUT2D eigenvalue weighted by molar-refractivity contribution is 6.22. The number of hydrogen-bond acceptors (Lipinski definition) is 12. The van der Waals surface area contributed by atoms with Crippen molar-refractivity contribution < 1.29 is 57.1 Å². The standard InChI is InChI=1S/C59H54N2O12/c1-2-19-45-48(60-54(62)41-28-15-16-29-42(41)55(60)63)52(67-33-38-22-9-4-10-23-38)50(46(70-45)35-66-32-37-20-7-3-8-21-37)73-59-49(61-56(64)43-30-17-18-31-44(43)57(61)65)53(68-34-39-24-11-5-12-25-39)51-47(71-59)36-69-58(72-51)40-26-13-6-14-27-40/h2-18,20-31,45-53,58-59H,1,19,32-36H2/t45-,46+,47+,48-,49+,50+,51+,52+,53+,58+,59-/m0/s1. The maximum atomic E-state index is 14.9. The maximum Gasteiger partial charge on any atom is 0.262 e. The summed E-state index contributed by atoms with van der Waals surface area (Å²) in [5.74, 6) is -2.19. The highest BCUT2D eigenvalue weighted by atomic mass is 16.8. The van der Waals surface area contributed by atoms with Crippen LogP contribution in [0.5, 0.6) is 0 Å². The van der Waals surface area contributed by atoms with Crippen LogP contribution in [0.25, 0.3) is 0 Å². The zero-order valence-corrected chi connectivity index (χ0v) is 39.8. The Kier molecular flexibility index (Phi) is 14.3.